The van der Waals surface area contributed by atoms with Crippen molar-refractivity contribution >= 4 is 51.6 Å². The number of nitrogens with one attached hydrogen (secondary N) is 2. The SMILES string of the molecule is O=C(Nc1ccccc1I)c1cnn2ccc(N3CC4CCC3CN4)nc12.O=C(O)C(F)(F)F. The first kappa shape index (κ1) is 24.2. The highest BCUT2D eigenvalue weighted by atomic mass is 127. The number of carbonyl (C=O) groups excluding carboxylic acids is 1. The molecule has 2 atom stereocenters. The van der Waals surface area contributed by atoms with Crippen LogP contribution in [0.5, 0.6) is 0 Å². The van der Waals surface area contributed by atoms with E-state index in [1.807, 2.05) is 36.5 Å². The van der Waals surface area contributed by atoms with Crippen LogP contribution >= 0.6 is 22.6 Å². The van der Waals surface area contributed by atoms with E-state index in [0.717, 1.165) is 28.2 Å². The summed E-state index contributed by atoms with van der Waals surface area (Å²) in [4.78, 5) is 28.9. The summed E-state index contributed by atoms with van der Waals surface area (Å²) in [5.41, 5.74) is 1.86. The van der Waals surface area contributed by atoms with Gasteiger partial charge in [0.2, 0.25) is 0 Å². The lowest BCUT2D eigenvalue weighted by molar-refractivity contribution is -0.192. The Morgan fingerprint density at radius 2 is 1.94 bits per heavy atom. The summed E-state index contributed by atoms with van der Waals surface area (Å²) < 4.78 is 34.4. The predicted octanol–water partition coefficient (Wildman–Crippen LogP) is 3.16. The Hall–Kier alpha value is -2.94. The minimum absolute atomic E-state index is 0.194. The number of fused-ring (bicyclic) bond motifs is 4. The second-order valence-electron chi connectivity index (χ2n) is 7.84. The third-order valence-electron chi connectivity index (χ3n) is 5.61. The maximum absolute atomic E-state index is 12.8. The van der Waals surface area contributed by atoms with E-state index in [9.17, 15) is 18.0 Å². The number of carboxylic acid groups (broad SMARTS) is 1. The molecule has 0 saturated carbocycles. The van der Waals surface area contributed by atoms with Crippen LogP contribution in [0.15, 0.2) is 42.7 Å². The van der Waals surface area contributed by atoms with Gasteiger partial charge >= 0.3 is 12.1 Å². The Balaban J connectivity index is 0.000000344. The topological polar surface area (TPSA) is 112 Å². The molecule has 2 bridgehead atoms. The van der Waals surface area contributed by atoms with Gasteiger partial charge in [-0.15, -0.1) is 0 Å². The van der Waals surface area contributed by atoms with Crippen LogP contribution < -0.4 is 15.5 Å². The van der Waals surface area contributed by atoms with Gasteiger partial charge in [-0.05, 0) is 53.6 Å². The van der Waals surface area contributed by atoms with Crippen molar-refractivity contribution in [3.05, 3.63) is 51.9 Å². The van der Waals surface area contributed by atoms with Crippen molar-refractivity contribution in [3.63, 3.8) is 0 Å². The van der Waals surface area contributed by atoms with Gasteiger partial charge in [-0.2, -0.15) is 18.3 Å². The number of amides is 1. The summed E-state index contributed by atoms with van der Waals surface area (Å²) >= 11 is 2.21. The molecule has 3 fully saturated rings. The number of nitrogens with zero attached hydrogens (tertiary/aromatic N) is 4. The number of hydrogen-bond acceptors (Lipinski definition) is 6. The van der Waals surface area contributed by atoms with Crippen molar-refractivity contribution in [1.82, 2.24) is 19.9 Å². The number of hydrogen-bond donors (Lipinski definition) is 3. The highest BCUT2D eigenvalue weighted by Gasteiger charge is 2.38. The minimum Gasteiger partial charge on any atom is -0.475 e. The first-order chi connectivity index (χ1) is 16.1. The Bertz CT molecular complexity index is 1210. The van der Waals surface area contributed by atoms with E-state index in [1.165, 1.54) is 12.8 Å². The second kappa shape index (κ2) is 9.74. The van der Waals surface area contributed by atoms with Crippen LogP contribution in [-0.2, 0) is 4.79 Å². The van der Waals surface area contributed by atoms with Crippen LogP contribution in [0.3, 0.4) is 0 Å². The Kier molecular flexibility index (Phi) is 6.93. The average Bonchev–Trinajstić information content (AvgIpc) is 3.24. The highest BCUT2D eigenvalue weighted by molar-refractivity contribution is 14.1. The zero-order chi connectivity index (χ0) is 24.5. The molecule has 5 heterocycles. The number of aromatic nitrogens is 3. The van der Waals surface area contributed by atoms with Crippen LogP contribution in [0, 0.1) is 3.57 Å². The zero-order valence-electron chi connectivity index (χ0n) is 17.6. The molecule has 2 aromatic heterocycles. The van der Waals surface area contributed by atoms with Gasteiger partial charge < -0.3 is 20.6 Å². The summed E-state index contributed by atoms with van der Waals surface area (Å²) in [6.45, 7) is 1.96. The molecular formula is C21H20F3IN6O3. The number of halogens is 4. The van der Waals surface area contributed by atoms with Gasteiger partial charge in [-0.1, -0.05) is 12.1 Å². The molecule has 9 nitrogen and oxygen atoms in total. The fourth-order valence-corrected chi connectivity index (χ4v) is 4.44. The average molecular weight is 588 g/mol. The first-order valence-corrected chi connectivity index (χ1v) is 11.4. The Morgan fingerprint density at radius 1 is 1.21 bits per heavy atom. The van der Waals surface area contributed by atoms with E-state index in [1.54, 1.807) is 10.7 Å². The van der Waals surface area contributed by atoms with E-state index in [0.29, 0.717) is 23.3 Å². The van der Waals surface area contributed by atoms with Gasteiger partial charge in [0.1, 0.15) is 11.4 Å². The molecule has 6 rings (SSSR count). The number of anilines is 2. The molecule has 1 amide bonds. The molecule has 0 aliphatic carbocycles. The maximum Gasteiger partial charge on any atom is 0.490 e. The molecule has 3 N–H and O–H groups in total. The van der Waals surface area contributed by atoms with Crippen LogP contribution in [0.2, 0.25) is 0 Å². The van der Waals surface area contributed by atoms with Gasteiger partial charge in [0.15, 0.2) is 5.65 Å². The van der Waals surface area contributed by atoms with E-state index >= 15 is 0 Å². The van der Waals surface area contributed by atoms with E-state index in [4.69, 9.17) is 14.9 Å². The number of benzene rings is 1. The monoisotopic (exact) mass is 588 g/mol. The van der Waals surface area contributed by atoms with Crippen LogP contribution in [0.4, 0.5) is 24.7 Å². The lowest BCUT2D eigenvalue weighted by Gasteiger charge is -2.46. The molecule has 0 radical (unpaired) electrons. The predicted molar refractivity (Wildman–Crippen MR) is 126 cm³/mol. The second-order valence-corrected chi connectivity index (χ2v) is 9.00. The van der Waals surface area contributed by atoms with Crippen LogP contribution in [0.25, 0.3) is 5.65 Å². The van der Waals surface area contributed by atoms with Crippen molar-refractivity contribution in [1.29, 1.82) is 0 Å². The zero-order valence-corrected chi connectivity index (χ0v) is 19.7. The normalized spacial score (nSPS) is 19.5. The third-order valence-corrected chi connectivity index (χ3v) is 6.55. The summed E-state index contributed by atoms with van der Waals surface area (Å²) in [7, 11) is 0. The van der Waals surface area contributed by atoms with Gasteiger partial charge in [0, 0.05) is 34.9 Å². The number of aliphatic carboxylic acids is 1. The lowest BCUT2D eigenvalue weighted by Crippen LogP contribution is -2.61. The van der Waals surface area contributed by atoms with Gasteiger partial charge in [0.25, 0.3) is 5.91 Å². The number of piperidine rings is 2. The number of para-hydroxylation sites is 1. The lowest BCUT2D eigenvalue weighted by atomic mass is 9.93. The van der Waals surface area contributed by atoms with Crippen molar-refractivity contribution in [2.75, 3.05) is 23.3 Å². The number of carboxylic acids is 1. The molecule has 1 aromatic carbocycles. The van der Waals surface area contributed by atoms with Crippen molar-refractivity contribution in [2.24, 2.45) is 0 Å². The number of carbonyl (C=O) groups is 2. The molecule has 3 aromatic rings. The fourth-order valence-electron chi connectivity index (χ4n) is 3.92. The number of rotatable bonds is 3. The Labute approximate surface area is 205 Å². The Morgan fingerprint density at radius 3 is 2.53 bits per heavy atom. The molecule has 34 heavy (non-hydrogen) atoms. The van der Waals surface area contributed by atoms with Gasteiger partial charge in [0.05, 0.1) is 11.9 Å². The summed E-state index contributed by atoms with van der Waals surface area (Å²) in [6, 6.07) is 10.7. The fraction of sp³-hybridized carbons (Fsp3) is 0.333. The van der Waals surface area contributed by atoms with Crippen molar-refractivity contribution in [3.8, 4) is 0 Å². The standard InChI is InChI=1S/C19H19IN6O.C2HF3O2/c20-15-3-1-2-4-16(15)23-19(27)14-10-22-26-8-7-17(24-18(14)26)25-11-12-5-6-13(25)9-21-12;3-2(4,5)1(6)7/h1-4,7-8,10,12-13,21H,5-6,9,11H2,(H,23,27);(H,6,7). The first-order valence-electron chi connectivity index (χ1n) is 10.3. The molecule has 3 saturated heterocycles. The van der Waals surface area contributed by atoms with Gasteiger partial charge in [-0.25, -0.2) is 14.3 Å². The number of piperazine rings is 1. The summed E-state index contributed by atoms with van der Waals surface area (Å²) in [5, 5.41) is 18.0. The molecule has 0 spiro atoms. The minimum atomic E-state index is -5.08. The third kappa shape index (κ3) is 5.24. The largest absolute Gasteiger partial charge is 0.490 e. The molecule has 2 unspecified atom stereocenters. The molecule has 13 heteroatoms. The highest BCUT2D eigenvalue weighted by Crippen LogP contribution is 2.27. The van der Waals surface area contributed by atoms with E-state index in [2.05, 4.69) is 43.2 Å². The van der Waals surface area contributed by atoms with Crippen molar-refractivity contribution < 1.29 is 27.9 Å². The van der Waals surface area contributed by atoms with Crippen LogP contribution in [-0.4, -0.2) is 62.9 Å². The number of alkyl halides is 3. The summed E-state index contributed by atoms with van der Waals surface area (Å²) in [5.74, 6) is -2.03. The van der Waals surface area contributed by atoms with Crippen LogP contribution in [0.1, 0.15) is 23.2 Å². The van der Waals surface area contributed by atoms with Gasteiger partial charge in [-0.3, -0.25) is 4.79 Å². The molecule has 3 aliphatic heterocycles. The molecular weight excluding hydrogens is 568 g/mol. The quantitative estimate of drug-likeness (QED) is 0.404. The molecule has 180 valence electrons. The molecule has 3 aliphatic rings. The maximum atomic E-state index is 12.8. The summed E-state index contributed by atoms with van der Waals surface area (Å²) in [6.07, 6.45) is 0.792. The van der Waals surface area contributed by atoms with Crippen molar-refractivity contribution in [2.45, 2.75) is 31.1 Å². The van der Waals surface area contributed by atoms with E-state index < -0.39 is 12.1 Å². The smallest absolute Gasteiger partial charge is 0.475 e. The van der Waals surface area contributed by atoms with E-state index in [-0.39, 0.29) is 5.91 Å².